The molecule has 1 aromatic rings. The van der Waals surface area contributed by atoms with Crippen molar-refractivity contribution in [1.82, 2.24) is 0 Å². The normalized spacial score (nSPS) is 18.1. The fraction of sp³-hybridized carbons (Fsp3) is 0.286. The van der Waals surface area contributed by atoms with E-state index in [1.165, 1.54) is 0 Å². The summed E-state index contributed by atoms with van der Waals surface area (Å²) < 4.78 is 4.98. The topological polar surface area (TPSA) is 38.7 Å². The van der Waals surface area contributed by atoms with Crippen LogP contribution in [0.25, 0.3) is 5.57 Å². The highest BCUT2D eigenvalue weighted by molar-refractivity contribution is 6.08. The summed E-state index contributed by atoms with van der Waals surface area (Å²) in [6, 6.07) is 9.83. The van der Waals surface area contributed by atoms with Crippen LogP contribution in [0.2, 0.25) is 0 Å². The van der Waals surface area contributed by atoms with Gasteiger partial charge in [0.1, 0.15) is 0 Å². The van der Waals surface area contributed by atoms with E-state index < -0.39 is 0 Å². The molecule has 88 valence electrons. The molecule has 0 N–H and O–H groups in total. The summed E-state index contributed by atoms with van der Waals surface area (Å²) in [5.41, 5.74) is 2.39. The van der Waals surface area contributed by atoms with Crippen molar-refractivity contribution >= 4 is 17.4 Å². The largest absolute Gasteiger partial charge is 0.407 e. The second kappa shape index (κ2) is 4.53. The summed E-state index contributed by atoms with van der Waals surface area (Å²) in [5.74, 6) is 0.281. The van der Waals surface area contributed by atoms with Gasteiger partial charge in [0.2, 0.25) is 0 Å². The molecule has 1 aromatic carbocycles. The molecule has 3 heteroatoms. The molecule has 1 heterocycles. The van der Waals surface area contributed by atoms with Crippen molar-refractivity contribution < 1.29 is 9.53 Å². The zero-order chi connectivity index (χ0) is 12.4. The summed E-state index contributed by atoms with van der Waals surface area (Å²) in [6.45, 7) is 5.78. The van der Waals surface area contributed by atoms with Crippen molar-refractivity contribution in [1.29, 1.82) is 0 Å². The monoisotopic (exact) mass is 229 g/mol. The van der Waals surface area contributed by atoms with E-state index in [1.807, 2.05) is 44.2 Å². The van der Waals surface area contributed by atoms with Gasteiger partial charge in [0, 0.05) is 6.92 Å². The minimum Gasteiger partial charge on any atom is -0.407 e. The van der Waals surface area contributed by atoms with Gasteiger partial charge in [-0.25, -0.2) is 9.79 Å². The molecule has 0 unspecified atom stereocenters. The van der Waals surface area contributed by atoms with Crippen molar-refractivity contribution in [3.8, 4) is 0 Å². The Morgan fingerprint density at radius 3 is 2.35 bits per heavy atom. The molecule has 3 nitrogen and oxygen atoms in total. The molecule has 0 saturated carbocycles. The first-order valence-corrected chi connectivity index (χ1v) is 5.66. The second-order valence-electron chi connectivity index (χ2n) is 4.30. The molecule has 0 atom stereocenters. The quantitative estimate of drug-likeness (QED) is 0.577. The number of allylic oxidation sites excluding steroid dienone is 1. The summed E-state index contributed by atoms with van der Waals surface area (Å²) >= 11 is 0. The number of carbonyl (C=O) groups is 1. The molecular formula is C14H15NO2. The molecule has 1 aliphatic rings. The van der Waals surface area contributed by atoms with Crippen LogP contribution in [0.1, 0.15) is 26.3 Å². The lowest BCUT2D eigenvalue weighted by Crippen LogP contribution is -2.05. The predicted molar refractivity (Wildman–Crippen MR) is 67.4 cm³/mol. The number of hydrogen-bond acceptors (Lipinski definition) is 3. The number of esters is 1. The maximum absolute atomic E-state index is 11.7. The van der Waals surface area contributed by atoms with Gasteiger partial charge in [-0.1, -0.05) is 44.2 Å². The van der Waals surface area contributed by atoms with E-state index in [0.29, 0.717) is 11.6 Å². The highest BCUT2D eigenvalue weighted by Gasteiger charge is 2.26. The Bertz CT molecular complexity index is 498. The van der Waals surface area contributed by atoms with E-state index in [9.17, 15) is 4.79 Å². The van der Waals surface area contributed by atoms with Gasteiger partial charge < -0.3 is 4.74 Å². The van der Waals surface area contributed by atoms with Gasteiger partial charge in [0.15, 0.2) is 11.6 Å². The van der Waals surface area contributed by atoms with Crippen molar-refractivity contribution in [2.24, 2.45) is 10.9 Å². The Morgan fingerprint density at radius 2 is 1.88 bits per heavy atom. The number of cyclic esters (lactones) is 1. The van der Waals surface area contributed by atoms with Crippen molar-refractivity contribution in [2.75, 3.05) is 0 Å². The van der Waals surface area contributed by atoms with E-state index in [0.717, 1.165) is 11.1 Å². The number of benzene rings is 1. The highest BCUT2D eigenvalue weighted by Crippen LogP contribution is 2.30. The van der Waals surface area contributed by atoms with E-state index in [2.05, 4.69) is 4.99 Å². The van der Waals surface area contributed by atoms with Crippen LogP contribution in [0.15, 0.2) is 41.0 Å². The molecule has 0 spiro atoms. The van der Waals surface area contributed by atoms with E-state index in [-0.39, 0.29) is 11.9 Å². The highest BCUT2D eigenvalue weighted by atomic mass is 16.6. The maximum Gasteiger partial charge on any atom is 0.363 e. The summed E-state index contributed by atoms with van der Waals surface area (Å²) in [5, 5.41) is 0. The lowest BCUT2D eigenvalue weighted by atomic mass is 9.93. The van der Waals surface area contributed by atoms with E-state index in [1.54, 1.807) is 6.92 Å². The van der Waals surface area contributed by atoms with Crippen LogP contribution in [0.5, 0.6) is 0 Å². The lowest BCUT2D eigenvalue weighted by molar-refractivity contribution is -0.130. The Morgan fingerprint density at radius 1 is 1.24 bits per heavy atom. The number of aliphatic imine (C=N–C) groups is 1. The first-order chi connectivity index (χ1) is 8.09. The average molecular weight is 229 g/mol. The molecule has 0 bridgehead atoms. The van der Waals surface area contributed by atoms with Crippen LogP contribution in [-0.2, 0) is 9.53 Å². The Kier molecular flexibility index (Phi) is 3.09. The standard InChI is InChI=1S/C14H15NO2/c1-9(2)12(11-7-5-4-6-8-11)13-14(16)17-10(3)15-13/h4-9H,1-3H3. The first-order valence-electron chi connectivity index (χ1n) is 5.66. The molecule has 2 rings (SSSR count). The summed E-state index contributed by atoms with van der Waals surface area (Å²) in [6.07, 6.45) is 0. The van der Waals surface area contributed by atoms with Gasteiger partial charge in [-0.3, -0.25) is 0 Å². The van der Waals surface area contributed by atoms with E-state index >= 15 is 0 Å². The molecule has 17 heavy (non-hydrogen) atoms. The molecule has 0 amide bonds. The Labute approximate surface area is 101 Å². The zero-order valence-corrected chi connectivity index (χ0v) is 10.2. The fourth-order valence-electron chi connectivity index (χ4n) is 1.94. The number of nitrogens with zero attached hydrogens (tertiary/aromatic N) is 1. The SMILES string of the molecule is CC1=NC(=C(c2ccccc2)C(C)C)C(=O)O1. The van der Waals surface area contributed by atoms with Crippen LogP contribution in [0.4, 0.5) is 0 Å². The van der Waals surface area contributed by atoms with Crippen LogP contribution < -0.4 is 0 Å². The Balaban J connectivity index is 2.58. The van der Waals surface area contributed by atoms with Crippen LogP contribution in [0.3, 0.4) is 0 Å². The first kappa shape index (κ1) is 11.6. The van der Waals surface area contributed by atoms with E-state index in [4.69, 9.17) is 4.74 Å². The molecule has 0 saturated heterocycles. The maximum atomic E-state index is 11.7. The third kappa shape index (κ3) is 2.28. The number of rotatable bonds is 2. The van der Waals surface area contributed by atoms with Crippen LogP contribution in [0, 0.1) is 5.92 Å². The Hall–Kier alpha value is -1.90. The number of carbonyl (C=O) groups excluding carboxylic acids is 1. The van der Waals surface area contributed by atoms with Gasteiger partial charge in [-0.15, -0.1) is 0 Å². The number of ether oxygens (including phenoxy) is 1. The molecule has 0 fully saturated rings. The predicted octanol–water partition coefficient (Wildman–Crippen LogP) is 3.03. The summed E-state index contributed by atoms with van der Waals surface area (Å²) in [7, 11) is 0. The van der Waals surface area contributed by atoms with Crippen LogP contribution in [-0.4, -0.2) is 11.9 Å². The van der Waals surface area contributed by atoms with Gasteiger partial charge in [-0.2, -0.15) is 0 Å². The zero-order valence-electron chi connectivity index (χ0n) is 10.2. The second-order valence-corrected chi connectivity index (χ2v) is 4.30. The lowest BCUT2D eigenvalue weighted by Gasteiger charge is -2.12. The van der Waals surface area contributed by atoms with Crippen LogP contribution >= 0.6 is 0 Å². The molecule has 0 aliphatic carbocycles. The molecular weight excluding hydrogens is 214 g/mol. The average Bonchev–Trinajstić information content (AvgIpc) is 2.59. The fourth-order valence-corrected chi connectivity index (χ4v) is 1.94. The van der Waals surface area contributed by atoms with Gasteiger partial charge in [0.25, 0.3) is 0 Å². The van der Waals surface area contributed by atoms with Crippen molar-refractivity contribution in [2.45, 2.75) is 20.8 Å². The molecule has 0 radical (unpaired) electrons. The van der Waals surface area contributed by atoms with Gasteiger partial charge in [0.05, 0.1) is 0 Å². The van der Waals surface area contributed by atoms with Gasteiger partial charge in [-0.05, 0) is 17.1 Å². The third-order valence-electron chi connectivity index (χ3n) is 2.62. The van der Waals surface area contributed by atoms with Gasteiger partial charge >= 0.3 is 5.97 Å². The molecule has 0 aromatic heterocycles. The minimum absolute atomic E-state index is 0.217. The minimum atomic E-state index is -0.352. The number of hydrogen-bond donors (Lipinski definition) is 0. The molecule has 1 aliphatic heterocycles. The smallest absolute Gasteiger partial charge is 0.363 e. The summed E-state index contributed by atoms with van der Waals surface area (Å²) in [4.78, 5) is 15.9. The van der Waals surface area contributed by atoms with Crippen molar-refractivity contribution in [3.05, 3.63) is 41.6 Å². The third-order valence-corrected chi connectivity index (χ3v) is 2.62. The van der Waals surface area contributed by atoms with Crippen molar-refractivity contribution in [3.63, 3.8) is 0 Å².